The fraction of sp³-hybridized carbons (Fsp3) is 0.0370. The Morgan fingerprint density at radius 3 is 2.32 bits per heavy atom. The van der Waals surface area contributed by atoms with Crippen LogP contribution in [0.5, 0.6) is 0 Å². The predicted molar refractivity (Wildman–Crippen MR) is 126 cm³/mol. The lowest BCUT2D eigenvalue weighted by molar-refractivity contribution is 0.660. The van der Waals surface area contributed by atoms with Crippen molar-refractivity contribution in [3.8, 4) is 5.95 Å². The van der Waals surface area contributed by atoms with Gasteiger partial charge in [0.05, 0.1) is 16.7 Å². The third-order valence-corrected chi connectivity index (χ3v) is 6.14. The van der Waals surface area contributed by atoms with E-state index in [1.165, 1.54) is 21.5 Å². The molecule has 0 fully saturated rings. The summed E-state index contributed by atoms with van der Waals surface area (Å²) in [4.78, 5) is 9.88. The minimum absolute atomic E-state index is 0.665. The van der Waals surface area contributed by atoms with Crippen LogP contribution in [0.25, 0.3) is 60.6 Å². The van der Waals surface area contributed by atoms with Gasteiger partial charge >= 0.3 is 0 Å². The fourth-order valence-electron chi connectivity index (χ4n) is 4.77. The van der Waals surface area contributed by atoms with Gasteiger partial charge in [-0.15, -0.1) is 0 Å². The minimum atomic E-state index is 0.665. The molecule has 0 unspecified atom stereocenters. The summed E-state index contributed by atoms with van der Waals surface area (Å²) in [6, 6.07) is 29.4. The number of hydrogen-bond acceptors (Lipinski definition) is 3. The zero-order chi connectivity index (χ0) is 20.5. The van der Waals surface area contributed by atoms with Gasteiger partial charge in [-0.25, -0.2) is 9.97 Å². The van der Waals surface area contributed by atoms with Crippen molar-refractivity contribution < 1.29 is 4.42 Å². The van der Waals surface area contributed by atoms with Gasteiger partial charge in [0, 0.05) is 16.2 Å². The largest absolute Gasteiger partial charge is 0.452 e. The molecule has 0 bridgehead atoms. The molecule has 4 aromatic carbocycles. The molecule has 0 saturated heterocycles. The maximum Gasteiger partial charge on any atom is 0.235 e. The fourth-order valence-corrected chi connectivity index (χ4v) is 4.77. The zero-order valence-electron chi connectivity index (χ0n) is 16.8. The third kappa shape index (κ3) is 2.19. The first-order valence-electron chi connectivity index (χ1n) is 10.4. The van der Waals surface area contributed by atoms with Gasteiger partial charge in [0.25, 0.3) is 0 Å². The van der Waals surface area contributed by atoms with E-state index in [0.717, 1.165) is 38.8 Å². The Balaban J connectivity index is 1.67. The van der Waals surface area contributed by atoms with Crippen molar-refractivity contribution >= 4 is 54.6 Å². The number of fused-ring (bicyclic) bond motifs is 8. The SMILES string of the molecule is Cc1nc(-n2c3ccccc3c3c4ccccc4ccc32)nc2c1oc1ccccc12. The molecule has 0 radical (unpaired) electrons. The lowest BCUT2D eigenvalue weighted by atomic mass is 10.0. The molecule has 7 aromatic rings. The molecule has 0 aliphatic carbocycles. The monoisotopic (exact) mass is 399 g/mol. The van der Waals surface area contributed by atoms with Gasteiger partial charge in [0.2, 0.25) is 5.95 Å². The molecule has 0 saturated carbocycles. The molecule has 0 aliphatic heterocycles. The van der Waals surface area contributed by atoms with Crippen molar-refractivity contribution in [2.75, 3.05) is 0 Å². The number of hydrogen-bond donors (Lipinski definition) is 0. The van der Waals surface area contributed by atoms with E-state index >= 15 is 0 Å². The van der Waals surface area contributed by atoms with Crippen LogP contribution in [0.15, 0.2) is 89.3 Å². The lowest BCUT2D eigenvalue weighted by Crippen LogP contribution is -2.02. The molecule has 4 nitrogen and oxygen atoms in total. The Morgan fingerprint density at radius 2 is 1.42 bits per heavy atom. The first kappa shape index (κ1) is 16.6. The van der Waals surface area contributed by atoms with Crippen molar-refractivity contribution in [1.82, 2.24) is 14.5 Å². The molecule has 0 atom stereocenters. The summed E-state index contributed by atoms with van der Waals surface area (Å²) < 4.78 is 8.23. The van der Waals surface area contributed by atoms with Crippen LogP contribution in [-0.2, 0) is 0 Å². The molecular weight excluding hydrogens is 382 g/mol. The summed E-state index contributed by atoms with van der Waals surface area (Å²) in [7, 11) is 0. The molecule has 0 amide bonds. The Bertz CT molecular complexity index is 1810. The van der Waals surface area contributed by atoms with Crippen LogP contribution in [0.1, 0.15) is 5.69 Å². The Hall–Kier alpha value is -4.18. The third-order valence-electron chi connectivity index (χ3n) is 6.14. The number of furan rings is 1. The number of rotatable bonds is 1. The first-order valence-corrected chi connectivity index (χ1v) is 10.4. The van der Waals surface area contributed by atoms with Crippen molar-refractivity contribution in [2.45, 2.75) is 6.92 Å². The average Bonchev–Trinajstić information content (AvgIpc) is 3.35. The molecule has 146 valence electrons. The van der Waals surface area contributed by atoms with Crippen LogP contribution in [0.3, 0.4) is 0 Å². The summed E-state index contributed by atoms with van der Waals surface area (Å²) >= 11 is 0. The highest BCUT2D eigenvalue weighted by atomic mass is 16.3. The number of nitrogens with zero attached hydrogens (tertiary/aromatic N) is 3. The molecule has 3 aromatic heterocycles. The summed E-state index contributed by atoms with van der Waals surface area (Å²) in [5.74, 6) is 0.665. The summed E-state index contributed by atoms with van der Waals surface area (Å²) in [5, 5.41) is 5.91. The molecule has 0 spiro atoms. The highest BCUT2D eigenvalue weighted by molar-refractivity contribution is 6.21. The van der Waals surface area contributed by atoms with Crippen LogP contribution < -0.4 is 0 Å². The van der Waals surface area contributed by atoms with E-state index in [1.54, 1.807) is 0 Å². The van der Waals surface area contributed by atoms with Crippen LogP contribution in [0.4, 0.5) is 0 Å². The normalized spacial score (nSPS) is 12.0. The van der Waals surface area contributed by atoms with Gasteiger partial charge in [-0.2, -0.15) is 0 Å². The summed E-state index contributed by atoms with van der Waals surface area (Å²) in [5.41, 5.74) is 5.47. The maximum absolute atomic E-state index is 6.05. The molecule has 3 heterocycles. The molecule has 0 aliphatic rings. The molecular formula is C27H17N3O. The smallest absolute Gasteiger partial charge is 0.235 e. The van der Waals surface area contributed by atoms with Crippen LogP contribution in [0.2, 0.25) is 0 Å². The highest BCUT2D eigenvalue weighted by Crippen LogP contribution is 2.37. The van der Waals surface area contributed by atoms with E-state index in [0.29, 0.717) is 5.95 Å². The van der Waals surface area contributed by atoms with Crippen LogP contribution >= 0.6 is 0 Å². The maximum atomic E-state index is 6.05. The van der Waals surface area contributed by atoms with Gasteiger partial charge in [-0.05, 0) is 42.0 Å². The number of benzene rings is 4. The number of aryl methyl sites for hydroxylation is 1. The van der Waals surface area contributed by atoms with Crippen molar-refractivity contribution in [3.05, 3.63) is 90.6 Å². The van der Waals surface area contributed by atoms with Gasteiger partial charge in [-0.3, -0.25) is 4.57 Å². The Labute approximate surface area is 177 Å². The van der Waals surface area contributed by atoms with Gasteiger partial charge < -0.3 is 4.42 Å². The van der Waals surface area contributed by atoms with E-state index in [4.69, 9.17) is 14.4 Å². The quantitative estimate of drug-likeness (QED) is 0.300. The summed E-state index contributed by atoms with van der Waals surface area (Å²) in [6.45, 7) is 1.99. The molecule has 0 N–H and O–H groups in total. The highest BCUT2D eigenvalue weighted by Gasteiger charge is 2.19. The van der Waals surface area contributed by atoms with E-state index < -0.39 is 0 Å². The number of aromatic nitrogens is 3. The van der Waals surface area contributed by atoms with E-state index in [1.807, 2.05) is 25.1 Å². The van der Waals surface area contributed by atoms with Gasteiger partial charge in [0.15, 0.2) is 5.58 Å². The molecule has 4 heteroatoms. The second-order valence-corrected chi connectivity index (χ2v) is 7.92. The second kappa shape index (κ2) is 5.92. The average molecular weight is 399 g/mol. The summed E-state index contributed by atoms with van der Waals surface area (Å²) in [6.07, 6.45) is 0. The predicted octanol–water partition coefficient (Wildman–Crippen LogP) is 6.93. The zero-order valence-corrected chi connectivity index (χ0v) is 16.8. The van der Waals surface area contributed by atoms with Crippen LogP contribution in [0, 0.1) is 6.92 Å². The van der Waals surface area contributed by atoms with Gasteiger partial charge in [-0.1, -0.05) is 60.7 Å². The topological polar surface area (TPSA) is 43.9 Å². The van der Waals surface area contributed by atoms with E-state index in [-0.39, 0.29) is 0 Å². The molecule has 31 heavy (non-hydrogen) atoms. The first-order chi connectivity index (χ1) is 15.3. The van der Waals surface area contributed by atoms with E-state index in [2.05, 4.69) is 71.3 Å². The van der Waals surface area contributed by atoms with Crippen molar-refractivity contribution in [2.24, 2.45) is 0 Å². The van der Waals surface area contributed by atoms with Crippen molar-refractivity contribution in [1.29, 1.82) is 0 Å². The second-order valence-electron chi connectivity index (χ2n) is 7.92. The Morgan fingerprint density at radius 1 is 0.677 bits per heavy atom. The Kier molecular flexibility index (Phi) is 3.17. The molecule has 7 rings (SSSR count). The van der Waals surface area contributed by atoms with Crippen LogP contribution in [-0.4, -0.2) is 14.5 Å². The standard InChI is InChI=1S/C27H17N3O/c1-16-26-25(20-11-5-7-13-23(20)31-26)29-27(28-16)30-21-12-6-4-10-19(21)24-18-9-3-2-8-17(18)14-15-22(24)30/h2-15H,1H3. The number of para-hydroxylation sites is 2. The van der Waals surface area contributed by atoms with Crippen molar-refractivity contribution in [3.63, 3.8) is 0 Å². The lowest BCUT2D eigenvalue weighted by Gasteiger charge is -2.07. The minimum Gasteiger partial charge on any atom is -0.452 e. The van der Waals surface area contributed by atoms with E-state index in [9.17, 15) is 0 Å². The van der Waals surface area contributed by atoms with Gasteiger partial charge in [0.1, 0.15) is 11.1 Å².